The number of imidazole rings is 1. The maximum Gasteiger partial charge on any atom is 0.264 e. The molecule has 24 heavy (non-hydrogen) atoms. The Kier molecular flexibility index (Phi) is 5.23. The molecular weight excluding hydrogens is 344 g/mol. The van der Waals surface area contributed by atoms with Crippen LogP contribution in [0.25, 0.3) is 11.0 Å². The van der Waals surface area contributed by atoms with Gasteiger partial charge in [0.25, 0.3) is 10.1 Å². The van der Waals surface area contributed by atoms with Crippen molar-refractivity contribution in [3.63, 3.8) is 0 Å². The standard InChI is InChI=1S/C17H18N2O3S2/c1-24(20,21)22-11-12-23-17-18-15-9-5-6-10-16(15)19(17)13-14-7-3-2-4-8-14/h2-10H,11-13H2,1H3. The van der Waals surface area contributed by atoms with Crippen LogP contribution >= 0.6 is 11.8 Å². The lowest BCUT2D eigenvalue weighted by molar-refractivity contribution is 0.345. The van der Waals surface area contributed by atoms with Crippen LogP contribution < -0.4 is 0 Å². The van der Waals surface area contributed by atoms with Gasteiger partial charge in [-0.15, -0.1) is 0 Å². The van der Waals surface area contributed by atoms with E-state index in [0.29, 0.717) is 5.75 Å². The maximum atomic E-state index is 11.0. The number of thioether (sulfide) groups is 1. The summed E-state index contributed by atoms with van der Waals surface area (Å²) in [5.41, 5.74) is 3.18. The average Bonchev–Trinajstić information content (AvgIpc) is 2.90. The summed E-state index contributed by atoms with van der Waals surface area (Å²) in [6, 6.07) is 18.2. The number of rotatable bonds is 7. The van der Waals surface area contributed by atoms with E-state index in [2.05, 4.69) is 21.7 Å². The minimum atomic E-state index is -3.40. The molecule has 3 rings (SSSR count). The van der Waals surface area contributed by atoms with E-state index in [1.165, 1.54) is 17.3 Å². The Hall–Kier alpha value is -1.83. The van der Waals surface area contributed by atoms with Crippen LogP contribution in [-0.2, 0) is 20.8 Å². The van der Waals surface area contributed by atoms with Gasteiger partial charge in [0.2, 0.25) is 0 Å². The lowest BCUT2D eigenvalue weighted by Gasteiger charge is -2.09. The Bertz CT molecular complexity index is 921. The first-order chi connectivity index (χ1) is 11.5. The Labute approximate surface area is 145 Å². The van der Waals surface area contributed by atoms with Crippen molar-refractivity contribution in [2.75, 3.05) is 18.6 Å². The summed E-state index contributed by atoms with van der Waals surface area (Å²) in [5.74, 6) is 0.519. The summed E-state index contributed by atoms with van der Waals surface area (Å²) in [5, 5.41) is 0.858. The van der Waals surface area contributed by atoms with E-state index < -0.39 is 10.1 Å². The Balaban J connectivity index is 1.82. The molecule has 0 fully saturated rings. The zero-order valence-corrected chi connectivity index (χ0v) is 14.9. The maximum absolute atomic E-state index is 11.0. The van der Waals surface area contributed by atoms with E-state index >= 15 is 0 Å². The van der Waals surface area contributed by atoms with Gasteiger partial charge in [0, 0.05) is 5.75 Å². The zero-order valence-electron chi connectivity index (χ0n) is 13.3. The van der Waals surface area contributed by atoms with E-state index in [9.17, 15) is 8.42 Å². The third-order valence-corrected chi connectivity index (χ3v) is 4.95. The number of nitrogens with zero attached hydrogens (tertiary/aromatic N) is 2. The highest BCUT2D eigenvalue weighted by Gasteiger charge is 2.12. The molecule has 0 N–H and O–H groups in total. The summed E-state index contributed by atoms with van der Waals surface area (Å²) in [7, 11) is -3.40. The topological polar surface area (TPSA) is 61.2 Å². The molecule has 7 heteroatoms. The van der Waals surface area contributed by atoms with Crippen molar-refractivity contribution < 1.29 is 12.6 Å². The van der Waals surface area contributed by atoms with Crippen LogP contribution in [-0.4, -0.2) is 36.6 Å². The van der Waals surface area contributed by atoms with Crippen molar-refractivity contribution in [3.8, 4) is 0 Å². The fourth-order valence-corrected chi connectivity index (χ4v) is 3.72. The molecule has 0 atom stereocenters. The molecular formula is C17H18N2O3S2. The molecule has 0 aliphatic heterocycles. The highest BCUT2D eigenvalue weighted by molar-refractivity contribution is 7.99. The number of hydrogen-bond donors (Lipinski definition) is 0. The predicted molar refractivity (Wildman–Crippen MR) is 96.8 cm³/mol. The Morgan fingerprint density at radius 2 is 1.79 bits per heavy atom. The smallest absolute Gasteiger partial charge is 0.264 e. The van der Waals surface area contributed by atoms with Crippen molar-refractivity contribution in [2.24, 2.45) is 0 Å². The Morgan fingerprint density at radius 3 is 2.54 bits per heavy atom. The number of aromatic nitrogens is 2. The number of fused-ring (bicyclic) bond motifs is 1. The molecule has 0 unspecified atom stereocenters. The van der Waals surface area contributed by atoms with E-state index in [1.807, 2.05) is 42.5 Å². The van der Waals surface area contributed by atoms with Gasteiger partial charge in [-0.1, -0.05) is 54.2 Å². The van der Waals surface area contributed by atoms with Gasteiger partial charge in [0.05, 0.1) is 30.4 Å². The van der Waals surface area contributed by atoms with Crippen molar-refractivity contribution in [3.05, 3.63) is 60.2 Å². The number of para-hydroxylation sites is 2. The first-order valence-electron chi connectivity index (χ1n) is 7.49. The molecule has 0 saturated heterocycles. The molecule has 5 nitrogen and oxygen atoms in total. The number of hydrogen-bond acceptors (Lipinski definition) is 5. The van der Waals surface area contributed by atoms with Gasteiger partial charge in [0.1, 0.15) is 0 Å². The van der Waals surface area contributed by atoms with Gasteiger partial charge in [-0.25, -0.2) is 4.98 Å². The second kappa shape index (κ2) is 7.38. The highest BCUT2D eigenvalue weighted by atomic mass is 32.2. The molecule has 1 heterocycles. The summed E-state index contributed by atoms with van der Waals surface area (Å²) in [6.45, 7) is 0.856. The summed E-state index contributed by atoms with van der Waals surface area (Å²) in [6.07, 6.45) is 1.06. The van der Waals surface area contributed by atoms with Crippen LogP contribution in [0.4, 0.5) is 0 Å². The lowest BCUT2D eigenvalue weighted by Crippen LogP contribution is -2.07. The quantitative estimate of drug-likeness (QED) is 0.367. The minimum absolute atomic E-state index is 0.137. The monoisotopic (exact) mass is 362 g/mol. The van der Waals surface area contributed by atoms with E-state index in [-0.39, 0.29) is 6.61 Å². The molecule has 0 aliphatic rings. The summed E-state index contributed by atoms with van der Waals surface area (Å²) in [4.78, 5) is 4.66. The van der Waals surface area contributed by atoms with Crippen LogP contribution in [0.5, 0.6) is 0 Å². The second-order valence-electron chi connectivity index (χ2n) is 5.33. The molecule has 0 saturated carbocycles. The van der Waals surface area contributed by atoms with Crippen LogP contribution in [0.3, 0.4) is 0 Å². The summed E-state index contributed by atoms with van der Waals surface area (Å²) < 4.78 is 29.0. The fraction of sp³-hybridized carbons (Fsp3) is 0.235. The molecule has 0 bridgehead atoms. The SMILES string of the molecule is CS(=O)(=O)OCCSc1nc2ccccc2n1Cc1ccccc1. The van der Waals surface area contributed by atoms with Crippen molar-refractivity contribution in [1.82, 2.24) is 9.55 Å². The average molecular weight is 362 g/mol. The van der Waals surface area contributed by atoms with Crippen molar-refractivity contribution in [2.45, 2.75) is 11.7 Å². The molecule has 0 aliphatic carbocycles. The highest BCUT2D eigenvalue weighted by Crippen LogP contribution is 2.25. The largest absolute Gasteiger partial charge is 0.314 e. The Morgan fingerprint density at radius 1 is 1.08 bits per heavy atom. The van der Waals surface area contributed by atoms with Crippen LogP contribution in [0.1, 0.15) is 5.56 Å². The predicted octanol–water partition coefficient (Wildman–Crippen LogP) is 3.15. The van der Waals surface area contributed by atoms with Gasteiger partial charge in [-0.3, -0.25) is 4.18 Å². The third-order valence-electron chi connectivity index (χ3n) is 3.41. The van der Waals surface area contributed by atoms with Gasteiger partial charge in [0.15, 0.2) is 5.16 Å². The van der Waals surface area contributed by atoms with Gasteiger partial charge in [-0.2, -0.15) is 8.42 Å². The zero-order chi connectivity index (χ0) is 17.0. The molecule has 3 aromatic rings. The van der Waals surface area contributed by atoms with E-state index in [0.717, 1.165) is 29.0 Å². The molecule has 0 radical (unpaired) electrons. The molecule has 0 amide bonds. The second-order valence-corrected chi connectivity index (χ2v) is 8.04. The van der Waals surface area contributed by atoms with Gasteiger partial charge < -0.3 is 4.57 Å². The van der Waals surface area contributed by atoms with Crippen LogP contribution in [0.2, 0.25) is 0 Å². The molecule has 0 spiro atoms. The van der Waals surface area contributed by atoms with E-state index in [1.54, 1.807) is 0 Å². The first-order valence-corrected chi connectivity index (χ1v) is 10.3. The van der Waals surface area contributed by atoms with Crippen LogP contribution in [0.15, 0.2) is 59.8 Å². The molecule has 1 aromatic heterocycles. The normalized spacial score (nSPS) is 11.9. The summed E-state index contributed by atoms with van der Waals surface area (Å²) >= 11 is 1.50. The first kappa shape index (κ1) is 17.0. The third kappa shape index (κ3) is 4.37. The van der Waals surface area contributed by atoms with E-state index in [4.69, 9.17) is 4.18 Å². The number of benzene rings is 2. The van der Waals surface area contributed by atoms with Crippen LogP contribution in [0, 0.1) is 0 Å². The van der Waals surface area contributed by atoms with Crippen molar-refractivity contribution >= 4 is 32.9 Å². The molecule has 2 aromatic carbocycles. The van der Waals surface area contributed by atoms with Crippen molar-refractivity contribution in [1.29, 1.82) is 0 Å². The minimum Gasteiger partial charge on any atom is -0.314 e. The van der Waals surface area contributed by atoms with Gasteiger partial charge >= 0.3 is 0 Å². The fourth-order valence-electron chi connectivity index (χ4n) is 2.40. The van der Waals surface area contributed by atoms with Gasteiger partial charge in [-0.05, 0) is 17.7 Å². The molecule has 126 valence electrons. The lowest BCUT2D eigenvalue weighted by atomic mass is 10.2.